The second-order valence-corrected chi connectivity index (χ2v) is 6.21. The van der Waals surface area contributed by atoms with E-state index in [1.807, 2.05) is 35.8 Å². The molecule has 7 heteroatoms. The fraction of sp³-hybridized carbons (Fsp3) is 0.375. The number of benzene rings is 1. The molecule has 1 aromatic heterocycles. The van der Waals surface area contributed by atoms with Crippen LogP contribution in [0.5, 0.6) is 5.75 Å². The van der Waals surface area contributed by atoms with E-state index < -0.39 is 0 Å². The van der Waals surface area contributed by atoms with Crippen LogP contribution in [0.2, 0.25) is 0 Å². The van der Waals surface area contributed by atoms with Gasteiger partial charge in [-0.05, 0) is 25.0 Å². The molecule has 1 fully saturated rings. The Morgan fingerprint density at radius 3 is 3.13 bits per heavy atom. The molecule has 1 saturated heterocycles. The van der Waals surface area contributed by atoms with Gasteiger partial charge in [-0.1, -0.05) is 12.1 Å². The molecule has 1 atom stereocenters. The van der Waals surface area contributed by atoms with E-state index in [0.29, 0.717) is 24.0 Å². The number of nitrogens with zero attached hydrogens (tertiary/aromatic N) is 2. The smallest absolute Gasteiger partial charge is 0.319 e. The molecule has 2 N–H and O–H groups in total. The van der Waals surface area contributed by atoms with Gasteiger partial charge in [0, 0.05) is 30.7 Å². The molecule has 2 amide bonds. The van der Waals surface area contributed by atoms with Gasteiger partial charge in [0.1, 0.15) is 5.75 Å². The third-order valence-electron chi connectivity index (χ3n) is 3.90. The van der Waals surface area contributed by atoms with E-state index >= 15 is 0 Å². The number of ether oxygens (including phenoxy) is 1. The SMILES string of the molecule is COc1ccccc1NC(=O)NCC1CCCN1c1nccs1. The van der Waals surface area contributed by atoms with Crippen molar-refractivity contribution in [1.82, 2.24) is 10.3 Å². The van der Waals surface area contributed by atoms with Gasteiger partial charge in [-0.2, -0.15) is 0 Å². The zero-order valence-electron chi connectivity index (χ0n) is 13.0. The topological polar surface area (TPSA) is 66.5 Å². The Hall–Kier alpha value is -2.28. The molecular formula is C16H20N4O2S. The van der Waals surface area contributed by atoms with Crippen LogP contribution in [0.3, 0.4) is 0 Å². The van der Waals surface area contributed by atoms with E-state index in [4.69, 9.17) is 4.74 Å². The molecule has 1 aliphatic heterocycles. The highest BCUT2D eigenvalue weighted by atomic mass is 32.1. The summed E-state index contributed by atoms with van der Waals surface area (Å²) in [5.41, 5.74) is 0.663. The lowest BCUT2D eigenvalue weighted by Gasteiger charge is -2.24. The molecule has 0 bridgehead atoms. The standard InChI is InChI=1S/C16H20N4O2S/c1-22-14-7-3-2-6-13(14)19-15(21)18-11-12-5-4-9-20(12)16-17-8-10-23-16/h2-3,6-8,10,12H,4-5,9,11H2,1H3,(H2,18,19,21). The first kappa shape index (κ1) is 15.6. The average molecular weight is 332 g/mol. The Balaban J connectivity index is 1.54. The number of carbonyl (C=O) groups is 1. The van der Waals surface area contributed by atoms with Crippen molar-refractivity contribution in [2.45, 2.75) is 18.9 Å². The zero-order chi connectivity index (χ0) is 16.1. The number of anilines is 2. The van der Waals surface area contributed by atoms with Gasteiger partial charge in [-0.15, -0.1) is 11.3 Å². The van der Waals surface area contributed by atoms with Crippen LogP contribution in [0.1, 0.15) is 12.8 Å². The first-order valence-corrected chi connectivity index (χ1v) is 8.50. The number of amides is 2. The highest BCUT2D eigenvalue weighted by Crippen LogP contribution is 2.27. The fourth-order valence-electron chi connectivity index (χ4n) is 2.78. The third kappa shape index (κ3) is 3.73. The zero-order valence-corrected chi connectivity index (χ0v) is 13.8. The lowest BCUT2D eigenvalue weighted by atomic mass is 10.2. The number of urea groups is 1. The summed E-state index contributed by atoms with van der Waals surface area (Å²) in [6.07, 6.45) is 4.01. The van der Waals surface area contributed by atoms with Gasteiger partial charge < -0.3 is 20.3 Å². The van der Waals surface area contributed by atoms with Crippen molar-refractivity contribution >= 4 is 28.2 Å². The first-order valence-electron chi connectivity index (χ1n) is 7.62. The molecule has 1 aromatic carbocycles. The van der Waals surface area contributed by atoms with E-state index in [-0.39, 0.29) is 6.03 Å². The minimum atomic E-state index is -0.222. The van der Waals surface area contributed by atoms with Crippen LogP contribution in [0.4, 0.5) is 15.6 Å². The van der Waals surface area contributed by atoms with Crippen LogP contribution in [-0.4, -0.2) is 37.3 Å². The van der Waals surface area contributed by atoms with Gasteiger partial charge in [-0.25, -0.2) is 9.78 Å². The van der Waals surface area contributed by atoms with Crippen molar-refractivity contribution in [1.29, 1.82) is 0 Å². The summed E-state index contributed by atoms with van der Waals surface area (Å²) in [4.78, 5) is 18.8. The van der Waals surface area contributed by atoms with Gasteiger partial charge in [0.2, 0.25) is 0 Å². The number of para-hydroxylation sites is 2. The summed E-state index contributed by atoms with van der Waals surface area (Å²) in [6.45, 7) is 1.59. The second kappa shape index (κ2) is 7.32. The van der Waals surface area contributed by atoms with Crippen LogP contribution in [0.25, 0.3) is 0 Å². The van der Waals surface area contributed by atoms with E-state index in [2.05, 4.69) is 20.5 Å². The van der Waals surface area contributed by atoms with Gasteiger partial charge >= 0.3 is 6.03 Å². The lowest BCUT2D eigenvalue weighted by Crippen LogP contribution is -2.41. The molecule has 1 aliphatic rings. The molecule has 2 heterocycles. The number of aromatic nitrogens is 1. The molecule has 122 valence electrons. The number of hydrogen-bond donors (Lipinski definition) is 2. The second-order valence-electron chi connectivity index (χ2n) is 5.34. The average Bonchev–Trinajstić information content (AvgIpc) is 3.24. The number of hydrogen-bond acceptors (Lipinski definition) is 5. The number of carbonyl (C=O) groups excluding carboxylic acids is 1. The van der Waals surface area contributed by atoms with Gasteiger partial charge in [0.15, 0.2) is 5.13 Å². The summed E-state index contributed by atoms with van der Waals surface area (Å²) in [6, 6.07) is 7.43. The van der Waals surface area contributed by atoms with Crippen LogP contribution < -0.4 is 20.3 Å². The van der Waals surface area contributed by atoms with E-state index in [9.17, 15) is 4.79 Å². The Morgan fingerprint density at radius 1 is 1.48 bits per heavy atom. The monoisotopic (exact) mass is 332 g/mol. The van der Waals surface area contributed by atoms with Crippen LogP contribution >= 0.6 is 11.3 Å². The molecule has 23 heavy (non-hydrogen) atoms. The van der Waals surface area contributed by atoms with Crippen molar-refractivity contribution < 1.29 is 9.53 Å². The highest BCUT2D eigenvalue weighted by Gasteiger charge is 2.26. The molecule has 3 rings (SSSR count). The largest absolute Gasteiger partial charge is 0.495 e. The Kier molecular flexibility index (Phi) is 4.97. The quantitative estimate of drug-likeness (QED) is 0.883. The normalized spacial score (nSPS) is 17.1. The highest BCUT2D eigenvalue weighted by molar-refractivity contribution is 7.13. The third-order valence-corrected chi connectivity index (χ3v) is 4.70. The molecule has 0 aliphatic carbocycles. The molecule has 1 unspecified atom stereocenters. The fourth-order valence-corrected chi connectivity index (χ4v) is 3.52. The summed E-state index contributed by atoms with van der Waals surface area (Å²) in [5.74, 6) is 0.646. The van der Waals surface area contributed by atoms with Crippen LogP contribution in [0, 0.1) is 0 Å². The van der Waals surface area contributed by atoms with Crippen molar-refractivity contribution in [3.05, 3.63) is 35.8 Å². The number of thiazole rings is 1. The summed E-state index contributed by atoms with van der Waals surface area (Å²) in [5, 5.41) is 8.78. The van der Waals surface area contributed by atoms with Gasteiger partial charge in [0.05, 0.1) is 12.8 Å². The predicted octanol–water partition coefficient (Wildman–Crippen LogP) is 2.94. The maximum Gasteiger partial charge on any atom is 0.319 e. The van der Waals surface area contributed by atoms with E-state index in [1.165, 1.54) is 0 Å². The van der Waals surface area contributed by atoms with Gasteiger partial charge in [-0.3, -0.25) is 0 Å². The minimum absolute atomic E-state index is 0.222. The molecule has 2 aromatic rings. The maximum atomic E-state index is 12.1. The Morgan fingerprint density at radius 2 is 2.35 bits per heavy atom. The van der Waals surface area contributed by atoms with Crippen LogP contribution in [0.15, 0.2) is 35.8 Å². The molecule has 0 spiro atoms. The van der Waals surface area contributed by atoms with Gasteiger partial charge in [0.25, 0.3) is 0 Å². The summed E-state index contributed by atoms with van der Waals surface area (Å²) >= 11 is 1.64. The van der Waals surface area contributed by atoms with E-state index in [0.717, 1.165) is 24.5 Å². The molecule has 0 saturated carbocycles. The molecular weight excluding hydrogens is 312 g/mol. The van der Waals surface area contributed by atoms with Crippen LogP contribution in [-0.2, 0) is 0 Å². The molecule has 6 nitrogen and oxygen atoms in total. The van der Waals surface area contributed by atoms with E-state index in [1.54, 1.807) is 18.4 Å². The van der Waals surface area contributed by atoms with Crippen molar-refractivity contribution in [2.75, 3.05) is 30.4 Å². The van der Waals surface area contributed by atoms with Crippen molar-refractivity contribution in [3.8, 4) is 5.75 Å². The summed E-state index contributed by atoms with van der Waals surface area (Å²) in [7, 11) is 1.59. The van der Waals surface area contributed by atoms with Crippen molar-refractivity contribution in [2.24, 2.45) is 0 Å². The maximum absolute atomic E-state index is 12.1. The first-order chi connectivity index (χ1) is 11.3. The number of nitrogens with one attached hydrogen (secondary N) is 2. The summed E-state index contributed by atoms with van der Waals surface area (Å²) < 4.78 is 5.23. The number of rotatable bonds is 5. The number of methoxy groups -OCH3 is 1. The lowest BCUT2D eigenvalue weighted by molar-refractivity contribution is 0.251. The molecule has 0 radical (unpaired) electrons. The predicted molar refractivity (Wildman–Crippen MR) is 92.5 cm³/mol. The van der Waals surface area contributed by atoms with Crippen molar-refractivity contribution in [3.63, 3.8) is 0 Å². The Bertz CT molecular complexity index is 647. The Labute approximate surface area is 139 Å². The minimum Gasteiger partial charge on any atom is -0.495 e.